The van der Waals surface area contributed by atoms with Gasteiger partial charge in [0.1, 0.15) is 5.54 Å². The number of hydrogen-bond acceptors (Lipinski definition) is 4. The van der Waals surface area contributed by atoms with E-state index in [9.17, 15) is 4.79 Å². The van der Waals surface area contributed by atoms with Gasteiger partial charge in [0.2, 0.25) is 0 Å². The van der Waals surface area contributed by atoms with Crippen LogP contribution in [0.1, 0.15) is 53.4 Å². The lowest BCUT2D eigenvalue weighted by Gasteiger charge is -2.31. The second kappa shape index (κ2) is 5.80. The molecule has 0 spiro atoms. The van der Waals surface area contributed by atoms with Gasteiger partial charge in [-0.15, -0.1) is 0 Å². The summed E-state index contributed by atoms with van der Waals surface area (Å²) in [6.45, 7) is 9.67. The highest BCUT2D eigenvalue weighted by molar-refractivity contribution is 5.82. The maximum Gasteiger partial charge on any atom is 0.327 e. The van der Waals surface area contributed by atoms with Crippen molar-refractivity contribution in [1.29, 1.82) is 0 Å². The second-order valence-electron chi connectivity index (χ2n) is 6.21. The van der Waals surface area contributed by atoms with Gasteiger partial charge in [-0.2, -0.15) is 0 Å². The molecule has 4 nitrogen and oxygen atoms in total. The van der Waals surface area contributed by atoms with Crippen molar-refractivity contribution in [3.05, 3.63) is 0 Å². The van der Waals surface area contributed by atoms with E-state index in [1.165, 1.54) is 12.8 Å². The Balaban J connectivity index is 2.12. The Labute approximate surface area is 116 Å². The Morgan fingerprint density at radius 3 is 2.68 bits per heavy atom. The Morgan fingerprint density at radius 2 is 2.16 bits per heavy atom. The molecule has 19 heavy (non-hydrogen) atoms. The lowest BCUT2D eigenvalue weighted by Crippen LogP contribution is -2.57. The number of ether oxygens (including phenoxy) is 1. The van der Waals surface area contributed by atoms with Crippen LogP contribution in [0.4, 0.5) is 0 Å². The van der Waals surface area contributed by atoms with Crippen molar-refractivity contribution in [3.8, 4) is 0 Å². The quantitative estimate of drug-likeness (QED) is 0.748. The number of carbonyl (C=O) groups is 1. The molecule has 2 rings (SSSR count). The third kappa shape index (κ3) is 3.11. The molecular formula is C15H28N2O2. The minimum absolute atomic E-state index is 0.0645. The average molecular weight is 268 g/mol. The molecule has 0 amide bonds. The normalized spacial score (nSPS) is 33.4. The molecule has 3 atom stereocenters. The Morgan fingerprint density at radius 1 is 1.47 bits per heavy atom. The topological polar surface area (TPSA) is 41.6 Å². The molecular weight excluding hydrogens is 240 g/mol. The van der Waals surface area contributed by atoms with Crippen LogP contribution in [0, 0.1) is 0 Å². The van der Waals surface area contributed by atoms with E-state index >= 15 is 0 Å². The predicted molar refractivity (Wildman–Crippen MR) is 76.1 cm³/mol. The summed E-state index contributed by atoms with van der Waals surface area (Å²) in [6.07, 6.45) is 4.46. The third-order valence-electron chi connectivity index (χ3n) is 4.48. The average Bonchev–Trinajstić information content (AvgIpc) is 3.15. The molecule has 4 heteroatoms. The summed E-state index contributed by atoms with van der Waals surface area (Å²) >= 11 is 0. The Bertz CT molecular complexity index is 330. The molecule has 1 aliphatic heterocycles. The van der Waals surface area contributed by atoms with E-state index in [0.717, 1.165) is 19.4 Å². The molecule has 1 aliphatic carbocycles. The largest absolute Gasteiger partial charge is 0.465 e. The maximum atomic E-state index is 12.4. The van der Waals surface area contributed by atoms with Gasteiger partial charge in [-0.3, -0.25) is 10.2 Å². The fourth-order valence-electron chi connectivity index (χ4n) is 3.20. The fraction of sp³-hybridized carbons (Fsp3) is 0.933. The molecule has 0 aromatic heterocycles. The van der Waals surface area contributed by atoms with Gasteiger partial charge in [0.05, 0.1) is 6.61 Å². The highest BCUT2D eigenvalue weighted by Crippen LogP contribution is 2.38. The number of hydrogen-bond donors (Lipinski definition) is 1. The van der Waals surface area contributed by atoms with Gasteiger partial charge in [0.15, 0.2) is 0 Å². The highest BCUT2D eigenvalue weighted by atomic mass is 16.5. The van der Waals surface area contributed by atoms with Crippen LogP contribution in [-0.4, -0.2) is 47.7 Å². The summed E-state index contributed by atoms with van der Waals surface area (Å²) in [5.41, 5.74) is -0.493. The summed E-state index contributed by atoms with van der Waals surface area (Å²) in [6, 6.07) is 1.51. The van der Waals surface area contributed by atoms with Crippen LogP contribution in [0.3, 0.4) is 0 Å². The van der Waals surface area contributed by atoms with E-state index < -0.39 is 5.54 Å². The van der Waals surface area contributed by atoms with Gasteiger partial charge in [-0.25, -0.2) is 4.79 Å². The number of carbonyl (C=O) groups excluding carboxylic acids is 1. The Kier molecular flexibility index (Phi) is 4.51. The summed E-state index contributed by atoms with van der Waals surface area (Å²) in [5.74, 6) is -0.0645. The van der Waals surface area contributed by atoms with Crippen LogP contribution in [0.2, 0.25) is 0 Å². The van der Waals surface area contributed by atoms with Crippen molar-refractivity contribution < 1.29 is 9.53 Å². The monoisotopic (exact) mass is 268 g/mol. The first kappa shape index (κ1) is 14.8. The predicted octanol–water partition coefficient (Wildman–Crippen LogP) is 1.93. The van der Waals surface area contributed by atoms with Crippen molar-refractivity contribution in [2.75, 3.05) is 13.2 Å². The van der Waals surface area contributed by atoms with E-state index in [-0.39, 0.29) is 5.97 Å². The van der Waals surface area contributed by atoms with Crippen molar-refractivity contribution in [2.45, 2.75) is 77.0 Å². The van der Waals surface area contributed by atoms with Crippen molar-refractivity contribution in [3.63, 3.8) is 0 Å². The van der Waals surface area contributed by atoms with E-state index in [4.69, 9.17) is 4.74 Å². The first-order valence-corrected chi connectivity index (χ1v) is 7.73. The number of likely N-dealkylation sites (tertiary alicyclic amines) is 1. The second-order valence-corrected chi connectivity index (χ2v) is 6.21. The van der Waals surface area contributed by atoms with Crippen LogP contribution >= 0.6 is 0 Å². The molecule has 2 fully saturated rings. The zero-order chi connectivity index (χ0) is 14.0. The first-order chi connectivity index (χ1) is 9.02. The molecule has 110 valence electrons. The van der Waals surface area contributed by atoms with Gasteiger partial charge in [0, 0.05) is 24.7 Å². The lowest BCUT2D eigenvalue weighted by atomic mass is 9.94. The summed E-state index contributed by atoms with van der Waals surface area (Å²) < 4.78 is 5.34. The first-order valence-electron chi connectivity index (χ1n) is 7.73. The zero-order valence-electron chi connectivity index (χ0n) is 12.7. The minimum Gasteiger partial charge on any atom is -0.465 e. The highest BCUT2D eigenvalue weighted by Gasteiger charge is 2.52. The number of nitrogens with zero attached hydrogens (tertiary/aromatic N) is 1. The smallest absolute Gasteiger partial charge is 0.327 e. The zero-order valence-corrected chi connectivity index (χ0v) is 12.7. The number of rotatable bonds is 6. The Hall–Kier alpha value is -0.610. The molecule has 1 heterocycles. The van der Waals surface area contributed by atoms with Gasteiger partial charge in [-0.1, -0.05) is 6.92 Å². The molecule has 1 N–H and O–H groups in total. The van der Waals surface area contributed by atoms with Gasteiger partial charge >= 0.3 is 5.97 Å². The van der Waals surface area contributed by atoms with Crippen LogP contribution in [0.15, 0.2) is 0 Å². The standard InChI is InChI=1S/C15H28N2O2/c1-5-11(3)16-15(14(18)19-6-2)9-12(4)17(10-15)13-7-8-13/h11-13,16H,5-10H2,1-4H3. The minimum atomic E-state index is -0.493. The van der Waals surface area contributed by atoms with Crippen LogP contribution < -0.4 is 5.32 Å². The van der Waals surface area contributed by atoms with Gasteiger partial charge in [0.25, 0.3) is 0 Å². The molecule has 0 radical (unpaired) electrons. The van der Waals surface area contributed by atoms with Crippen molar-refractivity contribution in [1.82, 2.24) is 10.2 Å². The molecule has 3 unspecified atom stereocenters. The van der Waals surface area contributed by atoms with Gasteiger partial charge in [-0.05, 0) is 46.5 Å². The molecule has 0 aromatic carbocycles. The summed E-state index contributed by atoms with van der Waals surface area (Å²) in [7, 11) is 0. The third-order valence-corrected chi connectivity index (χ3v) is 4.48. The van der Waals surface area contributed by atoms with E-state index in [0.29, 0.717) is 24.7 Å². The van der Waals surface area contributed by atoms with E-state index in [2.05, 4.69) is 31.0 Å². The fourth-order valence-corrected chi connectivity index (χ4v) is 3.20. The van der Waals surface area contributed by atoms with Crippen LogP contribution in [-0.2, 0) is 9.53 Å². The molecule has 0 aromatic rings. The molecule has 1 saturated carbocycles. The van der Waals surface area contributed by atoms with E-state index in [1.54, 1.807) is 0 Å². The number of esters is 1. The van der Waals surface area contributed by atoms with E-state index in [1.807, 2.05) is 6.92 Å². The molecule has 0 bridgehead atoms. The summed E-state index contributed by atoms with van der Waals surface area (Å²) in [4.78, 5) is 14.9. The molecule has 1 saturated heterocycles. The number of nitrogens with one attached hydrogen (secondary N) is 1. The van der Waals surface area contributed by atoms with Gasteiger partial charge < -0.3 is 4.74 Å². The van der Waals surface area contributed by atoms with Crippen LogP contribution in [0.5, 0.6) is 0 Å². The van der Waals surface area contributed by atoms with Crippen molar-refractivity contribution >= 4 is 5.97 Å². The molecule has 2 aliphatic rings. The summed E-state index contributed by atoms with van der Waals surface area (Å²) in [5, 5.41) is 3.55. The lowest BCUT2D eigenvalue weighted by molar-refractivity contribution is -0.151. The van der Waals surface area contributed by atoms with Crippen molar-refractivity contribution in [2.24, 2.45) is 0 Å². The maximum absolute atomic E-state index is 12.4. The SMILES string of the molecule is CCOC(=O)C1(NC(C)CC)CC(C)N(C2CC2)C1. The van der Waals surface area contributed by atoms with Crippen LogP contribution in [0.25, 0.3) is 0 Å².